The molecule has 5 nitrogen and oxygen atoms in total. The molecule has 0 aliphatic carbocycles. The van der Waals surface area contributed by atoms with E-state index >= 15 is 0 Å². The van der Waals surface area contributed by atoms with E-state index in [1.807, 2.05) is 0 Å². The predicted octanol–water partition coefficient (Wildman–Crippen LogP) is 2.75. The second kappa shape index (κ2) is 7.47. The number of benzene rings is 2. The first kappa shape index (κ1) is 15.9. The van der Waals surface area contributed by atoms with Crippen LogP contribution in [0.3, 0.4) is 0 Å². The summed E-state index contributed by atoms with van der Waals surface area (Å²) in [6.07, 6.45) is 0. The van der Waals surface area contributed by atoms with Gasteiger partial charge in [-0.05, 0) is 36.4 Å². The summed E-state index contributed by atoms with van der Waals surface area (Å²) in [6.45, 7) is 0.0870. The molecule has 0 aliphatic heterocycles. The zero-order valence-electron chi connectivity index (χ0n) is 12.0. The molecule has 3 N–H and O–H groups in total. The zero-order valence-corrected chi connectivity index (χ0v) is 12.8. The molecule has 0 saturated carbocycles. The Hall–Kier alpha value is -2.53. The maximum atomic E-state index is 11.9. The van der Waals surface area contributed by atoms with Crippen LogP contribution in [0.4, 0.5) is 11.4 Å². The van der Waals surface area contributed by atoms with Gasteiger partial charge in [0.25, 0.3) is 5.91 Å². The number of halogens is 1. The average Bonchev–Trinajstić information content (AvgIpc) is 2.52. The van der Waals surface area contributed by atoms with E-state index in [1.54, 1.807) is 55.6 Å². The van der Waals surface area contributed by atoms with E-state index in [2.05, 4.69) is 16.0 Å². The summed E-state index contributed by atoms with van der Waals surface area (Å²) >= 11 is 5.86. The van der Waals surface area contributed by atoms with Crippen LogP contribution in [-0.4, -0.2) is 25.4 Å². The molecular weight excluding hydrogens is 302 g/mol. The van der Waals surface area contributed by atoms with Gasteiger partial charge in [-0.15, -0.1) is 0 Å². The minimum absolute atomic E-state index is 0.0870. The molecule has 0 radical (unpaired) electrons. The SMILES string of the molecule is CNC(=O)c1cccc(NCC(=O)Nc2cccc(Cl)c2)c1. The summed E-state index contributed by atoms with van der Waals surface area (Å²) in [4.78, 5) is 23.4. The maximum Gasteiger partial charge on any atom is 0.251 e. The molecule has 0 heterocycles. The smallest absolute Gasteiger partial charge is 0.251 e. The molecule has 0 aromatic heterocycles. The van der Waals surface area contributed by atoms with Gasteiger partial charge in [-0.2, -0.15) is 0 Å². The Labute approximate surface area is 133 Å². The highest BCUT2D eigenvalue weighted by molar-refractivity contribution is 6.30. The van der Waals surface area contributed by atoms with Crippen molar-refractivity contribution in [1.29, 1.82) is 0 Å². The van der Waals surface area contributed by atoms with E-state index in [0.717, 1.165) is 0 Å². The lowest BCUT2D eigenvalue weighted by molar-refractivity contribution is -0.114. The number of amides is 2. The minimum Gasteiger partial charge on any atom is -0.376 e. The van der Waals surface area contributed by atoms with E-state index in [1.165, 1.54) is 0 Å². The first-order valence-electron chi connectivity index (χ1n) is 6.70. The van der Waals surface area contributed by atoms with Gasteiger partial charge in [-0.1, -0.05) is 23.7 Å². The standard InChI is InChI=1S/C16H16ClN3O2/c1-18-16(22)11-4-2-6-13(8-11)19-10-15(21)20-14-7-3-5-12(17)9-14/h2-9,19H,10H2,1H3,(H,18,22)(H,20,21). The summed E-state index contributed by atoms with van der Waals surface area (Å²) in [6, 6.07) is 13.9. The van der Waals surface area contributed by atoms with Crippen molar-refractivity contribution in [2.75, 3.05) is 24.2 Å². The minimum atomic E-state index is -0.201. The van der Waals surface area contributed by atoms with E-state index in [0.29, 0.717) is 22.0 Å². The van der Waals surface area contributed by atoms with Crippen molar-refractivity contribution >= 4 is 34.8 Å². The van der Waals surface area contributed by atoms with E-state index in [4.69, 9.17) is 11.6 Å². The topological polar surface area (TPSA) is 70.2 Å². The van der Waals surface area contributed by atoms with E-state index in [9.17, 15) is 9.59 Å². The highest BCUT2D eigenvalue weighted by atomic mass is 35.5. The molecular formula is C16H16ClN3O2. The predicted molar refractivity (Wildman–Crippen MR) is 88.4 cm³/mol. The van der Waals surface area contributed by atoms with Crippen LogP contribution in [0.2, 0.25) is 5.02 Å². The van der Waals surface area contributed by atoms with Crippen LogP contribution in [0.5, 0.6) is 0 Å². The quantitative estimate of drug-likeness (QED) is 0.794. The molecule has 2 rings (SSSR count). The Morgan fingerprint density at radius 1 is 1.05 bits per heavy atom. The van der Waals surface area contributed by atoms with Crippen molar-refractivity contribution in [3.05, 3.63) is 59.1 Å². The number of rotatable bonds is 5. The Morgan fingerprint density at radius 3 is 2.50 bits per heavy atom. The highest BCUT2D eigenvalue weighted by Crippen LogP contribution is 2.15. The molecule has 0 atom stereocenters. The number of carbonyl (C=O) groups is 2. The lowest BCUT2D eigenvalue weighted by Gasteiger charge is -2.09. The Balaban J connectivity index is 1.92. The molecule has 0 aliphatic rings. The van der Waals surface area contributed by atoms with Crippen molar-refractivity contribution in [2.45, 2.75) is 0 Å². The monoisotopic (exact) mass is 317 g/mol. The molecule has 0 bridgehead atoms. The third-order valence-corrected chi connectivity index (χ3v) is 3.15. The molecule has 114 valence electrons. The molecule has 2 aromatic carbocycles. The second-order valence-corrected chi connectivity index (χ2v) is 5.01. The van der Waals surface area contributed by atoms with E-state index < -0.39 is 0 Å². The Bertz CT molecular complexity index is 689. The van der Waals surface area contributed by atoms with E-state index in [-0.39, 0.29) is 18.4 Å². The fraction of sp³-hybridized carbons (Fsp3) is 0.125. The number of nitrogens with one attached hydrogen (secondary N) is 3. The summed E-state index contributed by atoms with van der Waals surface area (Å²) in [5, 5.41) is 8.82. The lowest BCUT2D eigenvalue weighted by atomic mass is 10.2. The molecule has 0 fully saturated rings. The van der Waals surface area contributed by atoms with Crippen LogP contribution < -0.4 is 16.0 Å². The van der Waals surface area contributed by atoms with Crippen molar-refractivity contribution in [1.82, 2.24) is 5.32 Å². The molecule has 2 aromatic rings. The van der Waals surface area contributed by atoms with Gasteiger partial charge < -0.3 is 16.0 Å². The van der Waals surface area contributed by atoms with Crippen molar-refractivity contribution in [3.8, 4) is 0 Å². The van der Waals surface area contributed by atoms with Gasteiger partial charge in [0.2, 0.25) is 5.91 Å². The van der Waals surface area contributed by atoms with Gasteiger partial charge in [0.1, 0.15) is 0 Å². The van der Waals surface area contributed by atoms with Crippen molar-refractivity contribution < 1.29 is 9.59 Å². The number of carbonyl (C=O) groups excluding carboxylic acids is 2. The molecule has 2 amide bonds. The largest absolute Gasteiger partial charge is 0.376 e. The van der Waals surface area contributed by atoms with Gasteiger partial charge in [-0.25, -0.2) is 0 Å². The maximum absolute atomic E-state index is 11.9. The third-order valence-electron chi connectivity index (χ3n) is 2.91. The number of anilines is 2. The van der Waals surface area contributed by atoms with Crippen LogP contribution in [0.15, 0.2) is 48.5 Å². The van der Waals surface area contributed by atoms with Crippen LogP contribution >= 0.6 is 11.6 Å². The second-order valence-electron chi connectivity index (χ2n) is 4.57. The van der Waals surface area contributed by atoms with Crippen LogP contribution in [0, 0.1) is 0 Å². The zero-order chi connectivity index (χ0) is 15.9. The average molecular weight is 318 g/mol. The summed E-state index contributed by atoms with van der Waals surface area (Å²) in [5.41, 5.74) is 1.86. The van der Waals surface area contributed by atoms with Crippen LogP contribution in [0.1, 0.15) is 10.4 Å². The fourth-order valence-corrected chi connectivity index (χ4v) is 2.06. The summed E-state index contributed by atoms with van der Waals surface area (Å²) in [7, 11) is 1.57. The van der Waals surface area contributed by atoms with Gasteiger partial charge >= 0.3 is 0 Å². The van der Waals surface area contributed by atoms with Gasteiger partial charge in [0.05, 0.1) is 6.54 Å². The molecule has 0 unspecified atom stereocenters. The normalized spacial score (nSPS) is 9.91. The first-order valence-corrected chi connectivity index (χ1v) is 7.08. The van der Waals surface area contributed by atoms with Gasteiger partial charge in [0, 0.05) is 29.0 Å². The molecule has 0 saturated heterocycles. The summed E-state index contributed by atoms with van der Waals surface area (Å²) in [5.74, 6) is -0.375. The third kappa shape index (κ3) is 4.49. The molecule has 0 spiro atoms. The van der Waals surface area contributed by atoms with Crippen LogP contribution in [-0.2, 0) is 4.79 Å². The van der Waals surface area contributed by atoms with Crippen molar-refractivity contribution in [3.63, 3.8) is 0 Å². The first-order chi connectivity index (χ1) is 10.6. The molecule has 22 heavy (non-hydrogen) atoms. The van der Waals surface area contributed by atoms with Gasteiger partial charge in [0.15, 0.2) is 0 Å². The fourth-order valence-electron chi connectivity index (χ4n) is 1.87. The highest BCUT2D eigenvalue weighted by Gasteiger charge is 2.05. The molecule has 6 heteroatoms. The van der Waals surface area contributed by atoms with Crippen molar-refractivity contribution in [2.24, 2.45) is 0 Å². The van der Waals surface area contributed by atoms with Crippen LogP contribution in [0.25, 0.3) is 0 Å². The Morgan fingerprint density at radius 2 is 1.77 bits per heavy atom. The Kier molecular flexibility index (Phi) is 5.38. The number of hydrogen-bond donors (Lipinski definition) is 3. The lowest BCUT2D eigenvalue weighted by Crippen LogP contribution is -2.22. The number of hydrogen-bond acceptors (Lipinski definition) is 3. The summed E-state index contributed by atoms with van der Waals surface area (Å²) < 4.78 is 0. The van der Waals surface area contributed by atoms with Gasteiger partial charge in [-0.3, -0.25) is 9.59 Å².